The van der Waals surface area contributed by atoms with Gasteiger partial charge in [-0.05, 0) is 67.3 Å². The zero-order valence-electron chi connectivity index (χ0n) is 16.2. The van der Waals surface area contributed by atoms with E-state index in [-0.39, 0.29) is 22.7 Å². The Kier molecular flexibility index (Phi) is 5.93. The van der Waals surface area contributed by atoms with Crippen LogP contribution in [-0.2, 0) is 16.3 Å². The van der Waals surface area contributed by atoms with E-state index in [1.807, 2.05) is 6.92 Å². The maximum Gasteiger partial charge on any atom is 0.213 e. The largest absolute Gasteiger partial charge is 0.497 e. The van der Waals surface area contributed by atoms with Crippen molar-refractivity contribution in [2.45, 2.75) is 30.5 Å². The summed E-state index contributed by atoms with van der Waals surface area (Å²) >= 11 is 0. The summed E-state index contributed by atoms with van der Waals surface area (Å²) in [5, 5.41) is -1.47. The molecule has 152 valence electrons. The molecule has 29 heavy (non-hydrogen) atoms. The molecule has 0 aliphatic carbocycles. The maximum atomic E-state index is 13.8. The molecule has 0 fully saturated rings. The van der Waals surface area contributed by atoms with Crippen LogP contribution in [0.2, 0.25) is 0 Å². The second kappa shape index (κ2) is 8.24. The molecule has 0 aliphatic heterocycles. The molecular weight excluding hydrogens is 398 g/mol. The average molecular weight is 418 g/mol. The lowest BCUT2D eigenvalue weighted by molar-refractivity contribution is 0.414. The normalized spacial score (nSPS) is 12.6. The number of nitrogens with zero attached hydrogens (tertiary/aromatic N) is 2. The molecule has 0 radical (unpaired) electrons. The van der Waals surface area contributed by atoms with Gasteiger partial charge in [-0.15, -0.1) is 0 Å². The Hall–Kier alpha value is -2.87. The van der Waals surface area contributed by atoms with E-state index < -0.39 is 26.9 Å². The number of aromatic nitrogens is 2. The number of sulfone groups is 1. The standard InChI is InChI=1S/C21H20F2N2O3S/c1-13-9-16(28-3)8-7-15(13)11-19(18-5-4-6-20(23)25-18)29(26,27)21-10-14(2)17(22)12-24-21/h4-10,12,19H,11H2,1-3H3. The van der Waals surface area contributed by atoms with Crippen molar-refractivity contribution >= 4 is 9.84 Å². The summed E-state index contributed by atoms with van der Waals surface area (Å²) in [7, 11) is -2.54. The SMILES string of the molecule is COc1ccc(CC(c2cccc(F)n2)S(=O)(=O)c2cc(C)c(F)cn2)c(C)c1. The number of methoxy groups -OCH3 is 1. The molecule has 1 unspecified atom stereocenters. The van der Waals surface area contributed by atoms with Crippen LogP contribution >= 0.6 is 0 Å². The first kappa shape index (κ1) is 20.9. The third kappa shape index (κ3) is 4.42. The third-order valence-corrected chi connectivity index (χ3v) is 6.67. The van der Waals surface area contributed by atoms with E-state index in [0.717, 1.165) is 23.4 Å². The number of rotatable bonds is 6. The van der Waals surface area contributed by atoms with Gasteiger partial charge in [0.05, 0.1) is 19.0 Å². The molecule has 0 saturated carbocycles. The van der Waals surface area contributed by atoms with Gasteiger partial charge in [0.25, 0.3) is 0 Å². The smallest absolute Gasteiger partial charge is 0.213 e. The minimum atomic E-state index is -4.08. The van der Waals surface area contributed by atoms with Crippen molar-refractivity contribution < 1.29 is 21.9 Å². The van der Waals surface area contributed by atoms with Crippen LogP contribution in [0.3, 0.4) is 0 Å². The van der Waals surface area contributed by atoms with Crippen molar-refractivity contribution in [1.29, 1.82) is 0 Å². The summed E-state index contributed by atoms with van der Waals surface area (Å²) in [6.45, 7) is 3.29. The molecule has 0 N–H and O–H groups in total. The third-order valence-electron chi connectivity index (χ3n) is 4.71. The lowest BCUT2D eigenvalue weighted by atomic mass is 10.0. The predicted molar refractivity (Wildman–Crippen MR) is 104 cm³/mol. The monoisotopic (exact) mass is 418 g/mol. The number of pyridine rings is 2. The highest BCUT2D eigenvalue weighted by Crippen LogP contribution is 2.32. The van der Waals surface area contributed by atoms with Crippen LogP contribution in [0.25, 0.3) is 0 Å². The van der Waals surface area contributed by atoms with Crippen LogP contribution in [0.15, 0.2) is 53.7 Å². The van der Waals surface area contributed by atoms with Crippen LogP contribution < -0.4 is 4.74 Å². The summed E-state index contributed by atoms with van der Waals surface area (Å²) in [6, 6.07) is 10.5. The molecule has 1 atom stereocenters. The Morgan fingerprint density at radius 1 is 1.07 bits per heavy atom. The molecule has 8 heteroatoms. The number of benzene rings is 1. The number of ether oxygens (including phenoxy) is 1. The first-order valence-corrected chi connectivity index (χ1v) is 10.4. The van der Waals surface area contributed by atoms with E-state index >= 15 is 0 Å². The molecule has 5 nitrogen and oxygen atoms in total. The van der Waals surface area contributed by atoms with E-state index in [1.54, 1.807) is 25.3 Å². The van der Waals surface area contributed by atoms with E-state index in [0.29, 0.717) is 5.75 Å². The van der Waals surface area contributed by atoms with Gasteiger partial charge in [0, 0.05) is 0 Å². The second-order valence-electron chi connectivity index (χ2n) is 6.69. The fourth-order valence-electron chi connectivity index (χ4n) is 3.02. The highest BCUT2D eigenvalue weighted by molar-refractivity contribution is 7.91. The van der Waals surface area contributed by atoms with Gasteiger partial charge in [0.1, 0.15) is 16.8 Å². The van der Waals surface area contributed by atoms with Crippen LogP contribution in [0.1, 0.15) is 27.6 Å². The van der Waals surface area contributed by atoms with Crippen molar-refractivity contribution in [3.05, 3.63) is 82.8 Å². The Bertz CT molecular complexity index is 1150. The van der Waals surface area contributed by atoms with E-state index in [9.17, 15) is 17.2 Å². The molecular formula is C21H20F2N2O3S. The highest BCUT2D eigenvalue weighted by Gasteiger charge is 2.33. The molecule has 2 heterocycles. The predicted octanol–water partition coefficient (Wildman–Crippen LogP) is 4.14. The summed E-state index contributed by atoms with van der Waals surface area (Å²) in [4.78, 5) is 7.56. The first-order chi connectivity index (χ1) is 13.7. The minimum absolute atomic E-state index is 0.0483. The number of halogens is 2. The summed E-state index contributed by atoms with van der Waals surface area (Å²) in [5.41, 5.74) is 1.78. The van der Waals surface area contributed by atoms with Gasteiger partial charge in [-0.1, -0.05) is 12.1 Å². The molecule has 0 saturated heterocycles. The summed E-state index contributed by atoms with van der Waals surface area (Å²) in [5.74, 6) is -0.738. The van der Waals surface area contributed by atoms with Crippen LogP contribution in [-0.4, -0.2) is 25.5 Å². The van der Waals surface area contributed by atoms with Crippen LogP contribution in [0.4, 0.5) is 8.78 Å². The van der Waals surface area contributed by atoms with Crippen molar-refractivity contribution in [2.75, 3.05) is 7.11 Å². The molecule has 0 bridgehead atoms. The van der Waals surface area contributed by atoms with Crippen LogP contribution in [0, 0.1) is 25.6 Å². The van der Waals surface area contributed by atoms with E-state index in [4.69, 9.17) is 4.74 Å². The number of hydrogen-bond acceptors (Lipinski definition) is 5. The van der Waals surface area contributed by atoms with Gasteiger partial charge in [0.2, 0.25) is 15.8 Å². The molecule has 3 rings (SSSR count). The first-order valence-electron chi connectivity index (χ1n) is 8.84. The van der Waals surface area contributed by atoms with Gasteiger partial charge in [-0.2, -0.15) is 4.39 Å². The summed E-state index contributed by atoms with van der Waals surface area (Å²) in [6.07, 6.45) is 0.920. The van der Waals surface area contributed by atoms with Gasteiger partial charge in [0.15, 0.2) is 5.03 Å². The lowest BCUT2D eigenvalue weighted by Crippen LogP contribution is -2.20. The molecule has 0 amide bonds. The Labute approximate surface area is 168 Å². The van der Waals surface area contributed by atoms with Gasteiger partial charge >= 0.3 is 0 Å². The lowest BCUT2D eigenvalue weighted by Gasteiger charge is -2.19. The van der Waals surface area contributed by atoms with Gasteiger partial charge in [-0.3, -0.25) is 0 Å². The molecule has 0 aliphatic rings. The van der Waals surface area contributed by atoms with E-state index in [2.05, 4.69) is 9.97 Å². The Morgan fingerprint density at radius 2 is 1.83 bits per heavy atom. The fourth-order valence-corrected chi connectivity index (χ4v) is 4.70. The van der Waals surface area contributed by atoms with Gasteiger partial charge < -0.3 is 4.74 Å². The fraction of sp³-hybridized carbons (Fsp3) is 0.238. The quantitative estimate of drug-likeness (QED) is 0.563. The Balaban J connectivity index is 2.11. The molecule has 2 aromatic heterocycles. The van der Waals surface area contributed by atoms with Gasteiger partial charge in [-0.25, -0.2) is 22.8 Å². The van der Waals surface area contributed by atoms with Crippen molar-refractivity contribution in [2.24, 2.45) is 0 Å². The minimum Gasteiger partial charge on any atom is -0.497 e. The maximum absolute atomic E-state index is 13.8. The summed E-state index contributed by atoms with van der Waals surface area (Å²) < 4.78 is 59.3. The van der Waals surface area contributed by atoms with Crippen LogP contribution in [0.5, 0.6) is 5.75 Å². The molecule has 0 spiro atoms. The van der Waals surface area contributed by atoms with Crippen molar-refractivity contribution in [3.63, 3.8) is 0 Å². The van der Waals surface area contributed by atoms with Crippen molar-refractivity contribution in [3.8, 4) is 5.75 Å². The Morgan fingerprint density at radius 3 is 2.45 bits per heavy atom. The highest BCUT2D eigenvalue weighted by atomic mass is 32.2. The van der Waals surface area contributed by atoms with Crippen molar-refractivity contribution in [1.82, 2.24) is 9.97 Å². The average Bonchev–Trinajstić information content (AvgIpc) is 2.68. The number of hydrogen-bond donors (Lipinski definition) is 0. The second-order valence-corrected chi connectivity index (χ2v) is 8.76. The topological polar surface area (TPSA) is 69.2 Å². The number of aryl methyl sites for hydroxylation is 2. The molecule has 3 aromatic rings. The van der Waals surface area contributed by atoms with E-state index in [1.165, 1.54) is 25.1 Å². The molecule has 1 aromatic carbocycles. The zero-order valence-corrected chi connectivity index (χ0v) is 17.0. The zero-order chi connectivity index (χ0) is 21.2.